The first-order valence-electron chi connectivity index (χ1n) is 5.45. The molecular weight excluding hydrogens is 261 g/mol. The standard InChI is InChI=1S/C12H12ClNO2.ClH/c13-8-1-2-9-10(7-8)12(16-11(9)15)3-5-14-6-4-12;/h1-2,7,14H,3-6H2;1H. The van der Waals surface area contributed by atoms with Crippen molar-refractivity contribution in [3.05, 3.63) is 34.3 Å². The topological polar surface area (TPSA) is 38.3 Å². The summed E-state index contributed by atoms with van der Waals surface area (Å²) in [5, 5.41) is 3.93. The minimum atomic E-state index is -0.428. The number of carbonyl (C=O) groups is 1. The van der Waals surface area contributed by atoms with Crippen LogP contribution in [-0.2, 0) is 10.3 Å². The quantitative estimate of drug-likeness (QED) is 0.739. The second kappa shape index (κ2) is 4.48. The fraction of sp³-hybridized carbons (Fsp3) is 0.417. The fourth-order valence-electron chi connectivity index (χ4n) is 2.56. The van der Waals surface area contributed by atoms with Crippen LogP contribution in [0.4, 0.5) is 0 Å². The number of benzene rings is 1. The molecule has 1 N–H and O–H groups in total. The minimum Gasteiger partial charge on any atom is -0.450 e. The van der Waals surface area contributed by atoms with Crippen molar-refractivity contribution in [1.29, 1.82) is 0 Å². The van der Waals surface area contributed by atoms with E-state index in [1.165, 1.54) is 0 Å². The predicted octanol–water partition coefficient (Wildman–Crippen LogP) is 2.51. The van der Waals surface area contributed by atoms with Gasteiger partial charge in [-0.3, -0.25) is 0 Å². The van der Waals surface area contributed by atoms with Gasteiger partial charge in [0.1, 0.15) is 5.60 Å². The number of hydrogen-bond acceptors (Lipinski definition) is 3. The number of carbonyl (C=O) groups excluding carboxylic acids is 1. The third kappa shape index (κ3) is 1.92. The molecule has 0 saturated carbocycles. The Labute approximate surface area is 111 Å². The molecule has 1 aromatic rings. The highest BCUT2D eigenvalue weighted by Crippen LogP contribution is 2.43. The van der Waals surface area contributed by atoms with Gasteiger partial charge in [-0.1, -0.05) is 11.6 Å². The Balaban J connectivity index is 0.00000108. The first-order chi connectivity index (χ1) is 7.71. The summed E-state index contributed by atoms with van der Waals surface area (Å²) in [4.78, 5) is 11.8. The van der Waals surface area contributed by atoms with Crippen molar-refractivity contribution in [3.63, 3.8) is 0 Å². The highest BCUT2D eigenvalue weighted by Gasteiger charge is 2.45. The second-order valence-corrected chi connectivity index (χ2v) is 4.76. The van der Waals surface area contributed by atoms with E-state index < -0.39 is 5.60 Å². The largest absolute Gasteiger partial charge is 0.450 e. The van der Waals surface area contributed by atoms with Crippen LogP contribution >= 0.6 is 24.0 Å². The summed E-state index contributed by atoms with van der Waals surface area (Å²) in [7, 11) is 0. The Morgan fingerprint density at radius 1 is 1.29 bits per heavy atom. The highest BCUT2D eigenvalue weighted by atomic mass is 35.5. The second-order valence-electron chi connectivity index (χ2n) is 4.32. The van der Waals surface area contributed by atoms with Crippen molar-refractivity contribution in [2.45, 2.75) is 18.4 Å². The first kappa shape index (κ1) is 12.7. The zero-order valence-corrected chi connectivity index (χ0v) is 10.7. The fourth-order valence-corrected chi connectivity index (χ4v) is 2.73. The molecule has 92 valence electrons. The lowest BCUT2D eigenvalue weighted by molar-refractivity contribution is -0.0241. The molecule has 1 aromatic carbocycles. The van der Waals surface area contributed by atoms with Gasteiger partial charge in [-0.2, -0.15) is 0 Å². The molecule has 5 heteroatoms. The van der Waals surface area contributed by atoms with Crippen LogP contribution in [0, 0.1) is 0 Å². The van der Waals surface area contributed by atoms with Gasteiger partial charge in [0.25, 0.3) is 0 Å². The van der Waals surface area contributed by atoms with Crippen LogP contribution in [0.1, 0.15) is 28.8 Å². The molecule has 2 aliphatic rings. The molecular formula is C12H13Cl2NO2. The average Bonchev–Trinajstić information content (AvgIpc) is 2.53. The first-order valence-corrected chi connectivity index (χ1v) is 5.83. The third-order valence-electron chi connectivity index (χ3n) is 3.39. The molecule has 2 aliphatic heterocycles. The molecule has 17 heavy (non-hydrogen) atoms. The molecule has 3 rings (SSSR count). The van der Waals surface area contributed by atoms with E-state index in [1.807, 2.05) is 6.07 Å². The van der Waals surface area contributed by atoms with Crippen molar-refractivity contribution in [1.82, 2.24) is 5.32 Å². The van der Waals surface area contributed by atoms with Crippen LogP contribution in [-0.4, -0.2) is 19.1 Å². The summed E-state index contributed by atoms with van der Waals surface area (Å²) in [6, 6.07) is 5.37. The number of fused-ring (bicyclic) bond motifs is 2. The van der Waals surface area contributed by atoms with Crippen molar-refractivity contribution in [3.8, 4) is 0 Å². The van der Waals surface area contributed by atoms with Crippen LogP contribution in [0.15, 0.2) is 18.2 Å². The maximum Gasteiger partial charge on any atom is 0.339 e. The molecule has 0 aliphatic carbocycles. The van der Waals surface area contributed by atoms with Gasteiger partial charge in [0.15, 0.2) is 0 Å². The normalized spacial score (nSPS) is 20.6. The number of piperidine rings is 1. The van der Waals surface area contributed by atoms with Crippen molar-refractivity contribution >= 4 is 30.0 Å². The summed E-state index contributed by atoms with van der Waals surface area (Å²) in [6.45, 7) is 1.75. The van der Waals surface area contributed by atoms with Crippen LogP contribution in [0.25, 0.3) is 0 Å². The number of esters is 1. The lowest BCUT2D eigenvalue weighted by Gasteiger charge is -2.33. The highest BCUT2D eigenvalue weighted by molar-refractivity contribution is 6.30. The SMILES string of the molecule is Cl.O=C1OC2(CCNCC2)c2cc(Cl)ccc21. The summed E-state index contributed by atoms with van der Waals surface area (Å²) in [5.41, 5.74) is 1.21. The molecule has 3 nitrogen and oxygen atoms in total. The number of halogens is 2. The molecule has 0 amide bonds. The maximum absolute atomic E-state index is 11.8. The summed E-state index contributed by atoms with van der Waals surface area (Å²) in [5.74, 6) is -0.214. The Bertz CT molecular complexity index is 456. The van der Waals surface area contributed by atoms with Gasteiger partial charge >= 0.3 is 5.97 Å². The zero-order valence-electron chi connectivity index (χ0n) is 9.16. The number of ether oxygens (including phenoxy) is 1. The van der Waals surface area contributed by atoms with E-state index in [2.05, 4.69) is 5.32 Å². The van der Waals surface area contributed by atoms with Gasteiger partial charge in [-0.25, -0.2) is 4.79 Å². The third-order valence-corrected chi connectivity index (χ3v) is 3.63. The van der Waals surface area contributed by atoms with Crippen molar-refractivity contribution in [2.24, 2.45) is 0 Å². The van der Waals surface area contributed by atoms with Gasteiger partial charge in [0.2, 0.25) is 0 Å². The lowest BCUT2D eigenvalue weighted by Crippen LogP contribution is -2.39. The molecule has 0 unspecified atom stereocenters. The van der Waals surface area contributed by atoms with Crippen molar-refractivity contribution < 1.29 is 9.53 Å². The van der Waals surface area contributed by atoms with Gasteiger partial charge in [-0.15, -0.1) is 12.4 Å². The van der Waals surface area contributed by atoms with Gasteiger partial charge in [0, 0.05) is 23.4 Å². The molecule has 1 fully saturated rings. The number of hydrogen-bond donors (Lipinski definition) is 1. The van der Waals surface area contributed by atoms with E-state index in [0.29, 0.717) is 10.6 Å². The monoisotopic (exact) mass is 273 g/mol. The maximum atomic E-state index is 11.8. The Morgan fingerprint density at radius 2 is 2.00 bits per heavy atom. The summed E-state index contributed by atoms with van der Waals surface area (Å²) < 4.78 is 5.58. The average molecular weight is 274 g/mol. The van der Waals surface area contributed by atoms with Gasteiger partial charge in [0.05, 0.1) is 5.56 Å². The molecule has 2 heterocycles. The van der Waals surface area contributed by atoms with Crippen LogP contribution in [0.3, 0.4) is 0 Å². The molecule has 1 saturated heterocycles. The zero-order chi connectivity index (χ0) is 11.2. The number of nitrogens with one attached hydrogen (secondary N) is 1. The smallest absolute Gasteiger partial charge is 0.339 e. The van der Waals surface area contributed by atoms with Crippen LogP contribution in [0.5, 0.6) is 0 Å². The van der Waals surface area contributed by atoms with Crippen LogP contribution in [0.2, 0.25) is 5.02 Å². The van der Waals surface area contributed by atoms with E-state index >= 15 is 0 Å². The predicted molar refractivity (Wildman–Crippen MR) is 67.9 cm³/mol. The Morgan fingerprint density at radius 3 is 2.71 bits per heavy atom. The Kier molecular flexibility index (Phi) is 3.34. The van der Waals surface area contributed by atoms with Crippen molar-refractivity contribution in [2.75, 3.05) is 13.1 Å². The Hall–Kier alpha value is -0.770. The summed E-state index contributed by atoms with van der Waals surface area (Å²) in [6.07, 6.45) is 1.65. The molecule has 0 radical (unpaired) electrons. The van der Waals surface area contributed by atoms with Gasteiger partial charge in [-0.05, 0) is 31.3 Å². The molecule has 1 spiro atoms. The van der Waals surface area contributed by atoms with E-state index in [0.717, 1.165) is 31.5 Å². The number of rotatable bonds is 0. The van der Waals surface area contributed by atoms with E-state index in [1.54, 1.807) is 12.1 Å². The molecule has 0 bridgehead atoms. The minimum absolute atomic E-state index is 0. The van der Waals surface area contributed by atoms with E-state index in [4.69, 9.17) is 16.3 Å². The van der Waals surface area contributed by atoms with Gasteiger partial charge < -0.3 is 10.1 Å². The molecule has 0 atom stereocenters. The van der Waals surface area contributed by atoms with Crippen LogP contribution < -0.4 is 5.32 Å². The van der Waals surface area contributed by atoms with E-state index in [-0.39, 0.29) is 18.4 Å². The lowest BCUT2D eigenvalue weighted by atomic mass is 9.84. The van der Waals surface area contributed by atoms with E-state index in [9.17, 15) is 4.79 Å². The summed E-state index contributed by atoms with van der Waals surface area (Å²) >= 11 is 5.99. The molecule has 0 aromatic heterocycles.